The second-order valence-electron chi connectivity index (χ2n) is 4.44. The molecule has 0 spiro atoms. The van der Waals surface area contributed by atoms with Crippen LogP contribution >= 0.6 is 0 Å². The van der Waals surface area contributed by atoms with Crippen molar-refractivity contribution < 1.29 is 45.1 Å². The Bertz CT molecular complexity index is 777. The molecule has 24 heavy (non-hydrogen) atoms. The zero-order chi connectivity index (χ0) is 19.0. The molecule has 2 N–H and O–H groups in total. The third-order valence-corrected chi connectivity index (χ3v) is 2.78. The molecule has 2 rings (SSSR count). The van der Waals surface area contributed by atoms with Crippen LogP contribution in [0.5, 0.6) is 0 Å². The van der Waals surface area contributed by atoms with Crippen LogP contribution in [0.2, 0.25) is 0 Å². The van der Waals surface area contributed by atoms with Gasteiger partial charge in [0.25, 0.3) is 0 Å². The summed E-state index contributed by atoms with van der Waals surface area (Å²) in [6, 6.07) is 16.0. The van der Waals surface area contributed by atoms with Gasteiger partial charge >= 0.3 is 94.3 Å². The molecule has 0 aliphatic rings. The van der Waals surface area contributed by atoms with Gasteiger partial charge in [0.2, 0.25) is 0 Å². The molecule has 0 fully saturated rings. The number of nitrogen functional groups attached to an aromatic ring is 1. The van der Waals surface area contributed by atoms with E-state index in [1.807, 2.05) is 42.5 Å². The van der Waals surface area contributed by atoms with Crippen LogP contribution in [0.15, 0.2) is 48.5 Å². The van der Waals surface area contributed by atoms with Crippen molar-refractivity contribution in [3.63, 3.8) is 0 Å². The van der Waals surface area contributed by atoms with Gasteiger partial charge in [-0.25, -0.2) is 16.8 Å². The van der Waals surface area contributed by atoms with E-state index >= 15 is 0 Å². The van der Waals surface area contributed by atoms with Crippen molar-refractivity contribution in [2.75, 3.05) is 18.2 Å². The molecule has 0 aliphatic carbocycles. The van der Waals surface area contributed by atoms with E-state index in [9.17, 15) is 0 Å². The molecule has 0 aromatic heterocycles. The van der Waals surface area contributed by atoms with Gasteiger partial charge in [0.05, 0.1) is 20.2 Å². The van der Waals surface area contributed by atoms with Crippen molar-refractivity contribution in [2.45, 2.75) is 0 Å². The van der Waals surface area contributed by atoms with Crippen molar-refractivity contribution in [2.24, 2.45) is 0 Å². The first kappa shape index (κ1) is 22.7. The third-order valence-electron chi connectivity index (χ3n) is 2.10. The number of nitrogens with two attached hydrogens (primary N) is 1. The van der Waals surface area contributed by atoms with Crippen LogP contribution in [0.4, 0.5) is 5.69 Å². The van der Waals surface area contributed by atoms with Crippen LogP contribution in [0.3, 0.4) is 0 Å². The molecule has 0 radical (unpaired) electrons. The van der Waals surface area contributed by atoms with Gasteiger partial charge in [0.15, 0.2) is 0 Å². The van der Waals surface area contributed by atoms with Crippen molar-refractivity contribution in [1.29, 1.82) is 0 Å². The number of para-hydroxylation sites is 1. The molecule has 0 atom stereocenters. The second-order valence-corrected chi connectivity index (χ2v) is 8.10. The fourth-order valence-electron chi connectivity index (χ4n) is 1.40. The van der Waals surface area contributed by atoms with Crippen molar-refractivity contribution in [3.05, 3.63) is 48.5 Å². The molecule has 2 aromatic carbocycles. The first-order chi connectivity index (χ1) is 10.8. The molecule has 0 bridgehead atoms. The molecule has 0 amide bonds. The second kappa shape index (κ2) is 9.88. The third kappa shape index (κ3) is 13.2. The molecule has 0 aliphatic heterocycles. The quantitative estimate of drug-likeness (QED) is 0.366. The van der Waals surface area contributed by atoms with Crippen LogP contribution in [-0.2, 0) is 39.4 Å². The van der Waals surface area contributed by atoms with E-state index in [1.165, 1.54) is 0 Å². The molecule has 135 valence electrons. The predicted molar refractivity (Wildman–Crippen MR) is 87.2 cm³/mol. The Kier molecular flexibility index (Phi) is 9.36. The van der Waals surface area contributed by atoms with Crippen LogP contribution in [0.1, 0.15) is 0 Å². The molecule has 0 heterocycles. The summed E-state index contributed by atoms with van der Waals surface area (Å²) in [7, 11) is -7.83. The zero-order valence-electron chi connectivity index (χ0n) is 12.8. The minimum absolute atomic E-state index is 0.604. The van der Waals surface area contributed by atoms with E-state index in [-0.39, 0.29) is 0 Å². The van der Waals surface area contributed by atoms with Gasteiger partial charge in [-0.3, -0.25) is 0 Å². The maximum atomic E-state index is 9.08. The molecular weight excluding hydrogens is 449 g/mol. The standard InChI is InChI=1S/C12H10N.2CH4O3S.Pd/c13-12-9-5-4-8-11(12)10-6-2-1-3-7-10;2*1-5(2,3)4;/h1-6,8-9H,13H2;2*1H3,(H,2,3,4);/q;;;+2/p-2. The molecule has 0 saturated carbocycles. The summed E-state index contributed by atoms with van der Waals surface area (Å²) in [6.45, 7) is 0. The number of anilines is 1. The van der Waals surface area contributed by atoms with Gasteiger partial charge < -0.3 is 9.11 Å². The number of hydrogen-bond acceptors (Lipinski definition) is 7. The van der Waals surface area contributed by atoms with Crippen LogP contribution in [-0.4, -0.2) is 38.5 Å². The Morgan fingerprint density at radius 3 is 1.50 bits per heavy atom. The van der Waals surface area contributed by atoms with E-state index in [0.29, 0.717) is 12.5 Å². The van der Waals surface area contributed by atoms with E-state index in [0.717, 1.165) is 20.9 Å². The number of rotatable bonds is 1. The maximum absolute atomic E-state index is 9.08. The normalized spacial score (nSPS) is 10.7. The first-order valence-corrected chi connectivity index (χ1v) is 10.6. The molecule has 10 heteroatoms. The van der Waals surface area contributed by atoms with Gasteiger partial charge in [-0.1, -0.05) is 0 Å². The van der Waals surface area contributed by atoms with Crippen LogP contribution in [0.25, 0.3) is 11.1 Å². The monoisotopic (exact) mass is 464 g/mol. The Morgan fingerprint density at radius 2 is 1.12 bits per heavy atom. The average molecular weight is 465 g/mol. The summed E-state index contributed by atoms with van der Waals surface area (Å²) < 4.78 is 55.6. The molecule has 0 unspecified atom stereocenters. The van der Waals surface area contributed by atoms with Crippen molar-refractivity contribution in [3.8, 4) is 11.1 Å². The molecule has 2 aromatic rings. The average Bonchev–Trinajstić information content (AvgIpc) is 2.36. The zero-order valence-corrected chi connectivity index (χ0v) is 16.0. The summed E-state index contributed by atoms with van der Waals surface area (Å²) in [5.41, 5.74) is 8.94. The Labute approximate surface area is 152 Å². The number of hydrogen-bond donors (Lipinski definition) is 1. The fourth-order valence-corrected chi connectivity index (χ4v) is 1.89. The fraction of sp³-hybridized carbons (Fsp3) is 0.143. The van der Waals surface area contributed by atoms with Crippen molar-refractivity contribution >= 4 is 30.0 Å². The topological polar surface area (TPSA) is 140 Å². The first-order valence-electron chi connectivity index (χ1n) is 6.17. The van der Waals surface area contributed by atoms with Crippen molar-refractivity contribution in [1.82, 2.24) is 0 Å². The minimum atomic E-state index is -3.92. The summed E-state index contributed by atoms with van der Waals surface area (Å²) >= 11 is 3.23. The molecule has 7 nitrogen and oxygen atoms in total. The SMILES string of the molecule is CS(=O)(=O)[O-].CS(=O)(=O)[O-].Nc1ccccc1-c1cccc[c]1[Pd+2]. The predicted octanol–water partition coefficient (Wildman–Crippen LogP) is 0.431. The van der Waals surface area contributed by atoms with E-state index in [1.54, 1.807) is 0 Å². The van der Waals surface area contributed by atoms with Gasteiger partial charge in [0, 0.05) is 12.5 Å². The van der Waals surface area contributed by atoms with Gasteiger partial charge in [0.1, 0.15) is 0 Å². The van der Waals surface area contributed by atoms with Gasteiger partial charge in [-0.2, -0.15) is 0 Å². The number of benzene rings is 2. The molecular formula is C14H16NO6PdS2. The van der Waals surface area contributed by atoms with Crippen LogP contribution in [0, 0.1) is 0 Å². The van der Waals surface area contributed by atoms with Gasteiger partial charge in [-0.05, 0) is 0 Å². The van der Waals surface area contributed by atoms with Crippen LogP contribution < -0.4 is 9.77 Å². The van der Waals surface area contributed by atoms with E-state index in [2.05, 4.69) is 25.3 Å². The summed E-state index contributed by atoms with van der Waals surface area (Å²) in [5, 5.41) is 0. The summed E-state index contributed by atoms with van der Waals surface area (Å²) in [4.78, 5) is 0. The Hall–Kier alpha value is -1.28. The van der Waals surface area contributed by atoms with Gasteiger partial charge in [-0.15, -0.1) is 0 Å². The Balaban J connectivity index is 0.000000442. The van der Waals surface area contributed by atoms with E-state index in [4.69, 9.17) is 31.7 Å². The Morgan fingerprint density at radius 1 is 0.792 bits per heavy atom. The summed E-state index contributed by atoms with van der Waals surface area (Å²) in [5.74, 6) is 0. The summed E-state index contributed by atoms with van der Waals surface area (Å²) in [6.07, 6.45) is 1.21. The molecule has 0 saturated heterocycles. The van der Waals surface area contributed by atoms with E-state index < -0.39 is 20.2 Å².